The van der Waals surface area contributed by atoms with Gasteiger partial charge < -0.3 is 20.0 Å². The molecule has 0 radical (unpaired) electrons. The predicted molar refractivity (Wildman–Crippen MR) is 145 cm³/mol. The molecule has 1 aromatic carbocycles. The highest BCUT2D eigenvalue weighted by Crippen LogP contribution is 2.33. The predicted octanol–water partition coefficient (Wildman–Crippen LogP) is 1.25. The minimum atomic E-state index is -1.35. The standard InChI is InChI=1S/C29H35F2N7O4/c30-20-3-5-23(6-4-20)38-17-22(33-34-38)14-24-28(41)37-16-21(31)13-25(37)29(42)36-10-7-18(19(15-36)11-26(39)32-24)12-27(40)35-8-1-2-9-35/h3-6,17-19,21,24-25H,1-2,7-16H2,(H,32,39)/t18-,19-,21-,24+,25-/m0/s1. The van der Waals surface area contributed by atoms with E-state index in [1.165, 1.54) is 33.8 Å². The zero-order valence-corrected chi connectivity index (χ0v) is 23.3. The summed E-state index contributed by atoms with van der Waals surface area (Å²) in [4.78, 5) is 58.6. The summed E-state index contributed by atoms with van der Waals surface area (Å²) in [7, 11) is 0. The fourth-order valence-electron chi connectivity index (χ4n) is 6.79. The molecule has 4 aliphatic rings. The van der Waals surface area contributed by atoms with Crippen molar-refractivity contribution in [2.24, 2.45) is 11.8 Å². The Morgan fingerprint density at radius 2 is 1.79 bits per heavy atom. The van der Waals surface area contributed by atoms with Crippen LogP contribution < -0.4 is 5.32 Å². The van der Waals surface area contributed by atoms with Crippen LogP contribution in [0, 0.1) is 17.7 Å². The number of alkyl halides is 1. The maximum Gasteiger partial charge on any atom is 0.246 e. The highest BCUT2D eigenvalue weighted by atomic mass is 19.1. The average Bonchev–Trinajstić information content (AvgIpc) is 3.74. The molecule has 1 aromatic heterocycles. The van der Waals surface area contributed by atoms with Gasteiger partial charge in [0, 0.05) is 51.9 Å². The van der Waals surface area contributed by atoms with Gasteiger partial charge in [-0.15, -0.1) is 5.10 Å². The van der Waals surface area contributed by atoms with Gasteiger partial charge in [0.25, 0.3) is 0 Å². The zero-order valence-electron chi connectivity index (χ0n) is 23.3. The molecule has 0 spiro atoms. The minimum Gasteiger partial charge on any atom is -0.344 e. The molecule has 0 unspecified atom stereocenters. The Labute approximate surface area is 242 Å². The number of benzene rings is 1. The van der Waals surface area contributed by atoms with E-state index in [4.69, 9.17) is 0 Å². The Bertz CT molecular complexity index is 1350. The molecule has 4 fully saturated rings. The molecule has 5 atom stereocenters. The van der Waals surface area contributed by atoms with Gasteiger partial charge in [0.05, 0.1) is 24.1 Å². The first-order chi connectivity index (χ1) is 20.2. The number of aromatic nitrogens is 3. The number of hydrogen-bond acceptors (Lipinski definition) is 6. The Hall–Kier alpha value is -3.90. The Balaban J connectivity index is 1.24. The van der Waals surface area contributed by atoms with Crippen molar-refractivity contribution in [1.29, 1.82) is 0 Å². The number of carbonyl (C=O) groups excluding carboxylic acids is 4. The minimum absolute atomic E-state index is 0.0224. The fraction of sp³-hybridized carbons (Fsp3) is 0.586. The average molecular weight is 584 g/mol. The van der Waals surface area contributed by atoms with Crippen molar-refractivity contribution in [3.05, 3.63) is 42.0 Å². The van der Waals surface area contributed by atoms with Crippen molar-refractivity contribution in [2.75, 3.05) is 32.7 Å². The molecule has 42 heavy (non-hydrogen) atoms. The molecular weight excluding hydrogens is 548 g/mol. The Morgan fingerprint density at radius 3 is 2.55 bits per heavy atom. The second-order valence-corrected chi connectivity index (χ2v) is 11.9. The molecule has 2 bridgehead atoms. The SMILES string of the molecule is O=C1C[C@H]2CN(CC[C@H]2CC(=O)N2CCCC2)C(=O)[C@@H]2C[C@H](F)CN2C(=O)[C@@H](Cc2cn(-c3ccc(F)cc3)nn2)N1. The molecule has 4 amide bonds. The van der Waals surface area contributed by atoms with E-state index >= 15 is 0 Å². The molecule has 1 N–H and O–H groups in total. The van der Waals surface area contributed by atoms with Crippen LogP contribution >= 0.6 is 0 Å². The molecule has 4 saturated heterocycles. The largest absolute Gasteiger partial charge is 0.344 e. The van der Waals surface area contributed by atoms with Crippen molar-refractivity contribution >= 4 is 23.6 Å². The van der Waals surface area contributed by atoms with Crippen molar-refractivity contribution < 1.29 is 28.0 Å². The molecule has 5 heterocycles. The number of nitrogens with one attached hydrogen (secondary N) is 1. The smallest absolute Gasteiger partial charge is 0.246 e. The summed E-state index contributed by atoms with van der Waals surface area (Å²) in [5.74, 6) is -1.89. The van der Waals surface area contributed by atoms with Crippen molar-refractivity contribution in [2.45, 2.75) is 63.2 Å². The first kappa shape index (κ1) is 28.2. The van der Waals surface area contributed by atoms with Gasteiger partial charge in [-0.05, 0) is 55.4 Å². The maximum absolute atomic E-state index is 14.7. The van der Waals surface area contributed by atoms with E-state index in [9.17, 15) is 28.0 Å². The number of fused-ring (bicyclic) bond motifs is 3. The van der Waals surface area contributed by atoms with Crippen LogP contribution in [0.4, 0.5) is 8.78 Å². The summed E-state index contributed by atoms with van der Waals surface area (Å²) in [5, 5.41) is 11.0. The van der Waals surface area contributed by atoms with Gasteiger partial charge in [0.15, 0.2) is 0 Å². The van der Waals surface area contributed by atoms with Gasteiger partial charge >= 0.3 is 0 Å². The first-order valence-electron chi connectivity index (χ1n) is 14.7. The van der Waals surface area contributed by atoms with Crippen LogP contribution in [0.25, 0.3) is 5.69 Å². The Morgan fingerprint density at radius 1 is 1.02 bits per heavy atom. The molecule has 224 valence electrons. The summed E-state index contributed by atoms with van der Waals surface area (Å²) < 4.78 is 29.5. The van der Waals surface area contributed by atoms with Crippen LogP contribution in [0.2, 0.25) is 0 Å². The van der Waals surface area contributed by atoms with Gasteiger partial charge in [-0.2, -0.15) is 0 Å². The van der Waals surface area contributed by atoms with Gasteiger partial charge in [-0.3, -0.25) is 19.2 Å². The molecule has 4 aliphatic heterocycles. The number of hydrogen-bond donors (Lipinski definition) is 1. The lowest BCUT2D eigenvalue weighted by Crippen LogP contribution is -2.54. The molecule has 0 saturated carbocycles. The lowest BCUT2D eigenvalue weighted by molar-refractivity contribution is -0.146. The van der Waals surface area contributed by atoms with Gasteiger partial charge in [0.2, 0.25) is 23.6 Å². The fourth-order valence-corrected chi connectivity index (χ4v) is 6.79. The number of piperidine rings is 1. The van der Waals surface area contributed by atoms with Gasteiger partial charge in [0.1, 0.15) is 24.1 Å². The third kappa shape index (κ3) is 5.86. The number of likely N-dealkylation sites (tertiary alicyclic amines) is 1. The van der Waals surface area contributed by atoms with Crippen LogP contribution in [-0.4, -0.2) is 104 Å². The molecule has 0 aliphatic carbocycles. The van der Waals surface area contributed by atoms with E-state index in [2.05, 4.69) is 15.6 Å². The lowest BCUT2D eigenvalue weighted by Gasteiger charge is -2.40. The molecule has 13 heteroatoms. The van der Waals surface area contributed by atoms with E-state index in [1.54, 1.807) is 11.1 Å². The van der Waals surface area contributed by atoms with E-state index in [0.29, 0.717) is 30.8 Å². The summed E-state index contributed by atoms with van der Waals surface area (Å²) >= 11 is 0. The number of carbonyl (C=O) groups is 4. The van der Waals surface area contributed by atoms with Crippen LogP contribution in [-0.2, 0) is 25.6 Å². The highest BCUT2D eigenvalue weighted by Gasteiger charge is 2.46. The second-order valence-electron chi connectivity index (χ2n) is 11.9. The van der Waals surface area contributed by atoms with Crippen LogP contribution in [0.1, 0.15) is 44.2 Å². The third-order valence-electron chi connectivity index (χ3n) is 9.04. The molecule has 2 aromatic rings. The van der Waals surface area contributed by atoms with E-state index in [1.807, 2.05) is 4.90 Å². The monoisotopic (exact) mass is 583 g/mol. The number of rotatable bonds is 5. The summed E-state index contributed by atoms with van der Waals surface area (Å²) in [5.41, 5.74) is 0.956. The first-order valence-corrected chi connectivity index (χ1v) is 14.7. The Kier molecular flexibility index (Phi) is 7.91. The maximum atomic E-state index is 14.7. The highest BCUT2D eigenvalue weighted by molar-refractivity contribution is 5.93. The van der Waals surface area contributed by atoms with Crippen molar-refractivity contribution in [3.63, 3.8) is 0 Å². The number of nitrogens with zero attached hydrogens (tertiary/aromatic N) is 6. The van der Waals surface area contributed by atoms with Crippen molar-refractivity contribution in [1.82, 2.24) is 35.0 Å². The van der Waals surface area contributed by atoms with E-state index < -0.39 is 30.0 Å². The molecule has 6 rings (SSSR count). The molecule has 11 nitrogen and oxygen atoms in total. The van der Waals surface area contributed by atoms with E-state index in [0.717, 1.165) is 25.9 Å². The van der Waals surface area contributed by atoms with Crippen LogP contribution in [0.5, 0.6) is 0 Å². The zero-order chi connectivity index (χ0) is 29.4. The summed E-state index contributed by atoms with van der Waals surface area (Å²) in [6.45, 7) is 1.96. The summed E-state index contributed by atoms with van der Waals surface area (Å²) in [6, 6.07) is 3.61. The quantitative estimate of drug-likeness (QED) is 0.566. The second kappa shape index (κ2) is 11.8. The topological polar surface area (TPSA) is 121 Å². The normalized spacial score (nSPS) is 28.5. The van der Waals surface area contributed by atoms with Crippen molar-refractivity contribution in [3.8, 4) is 5.69 Å². The van der Waals surface area contributed by atoms with Crippen LogP contribution in [0.15, 0.2) is 30.5 Å². The third-order valence-corrected chi connectivity index (χ3v) is 9.04. The van der Waals surface area contributed by atoms with E-state index in [-0.39, 0.29) is 61.9 Å². The summed E-state index contributed by atoms with van der Waals surface area (Å²) in [6.07, 6.45) is 3.04. The number of halogens is 2. The number of amides is 4. The molecular formula is C29H35F2N7O4. The van der Waals surface area contributed by atoms with Gasteiger partial charge in [-0.25, -0.2) is 13.5 Å². The van der Waals surface area contributed by atoms with Gasteiger partial charge in [-0.1, -0.05) is 5.21 Å². The lowest BCUT2D eigenvalue weighted by atomic mass is 9.80. The van der Waals surface area contributed by atoms with Crippen LogP contribution in [0.3, 0.4) is 0 Å².